The fourth-order valence-corrected chi connectivity index (χ4v) is 0.730. The lowest BCUT2D eigenvalue weighted by Crippen LogP contribution is -1.69. The Bertz CT molecular complexity index is 159. The van der Waals surface area contributed by atoms with Crippen LogP contribution in [0.4, 0.5) is 0 Å². The molecule has 0 N–H and O–H groups in total. The minimum atomic E-state index is 1.06. The van der Waals surface area contributed by atoms with Crippen molar-refractivity contribution in [3.05, 3.63) is 24.3 Å². The van der Waals surface area contributed by atoms with Gasteiger partial charge in [0.1, 0.15) is 7.11 Å². The molecule has 2 heteroatoms. The molecule has 68 valence electrons. The van der Waals surface area contributed by atoms with Gasteiger partial charge in [-0.25, -0.2) is 0 Å². The van der Waals surface area contributed by atoms with Crippen LogP contribution in [0, 0.1) is 0 Å². The van der Waals surface area contributed by atoms with E-state index in [4.69, 9.17) is 0 Å². The van der Waals surface area contributed by atoms with Crippen LogP contribution in [0.1, 0.15) is 26.2 Å². The second kappa shape index (κ2) is 9.95. The maximum absolute atomic E-state index is 4.49. The zero-order valence-electron chi connectivity index (χ0n) is 7.86. The zero-order chi connectivity index (χ0) is 9.07. The monoisotopic (exact) mass is 167 g/mol. The Balaban J connectivity index is 3.24. The summed E-state index contributed by atoms with van der Waals surface area (Å²) >= 11 is 0. The van der Waals surface area contributed by atoms with Crippen LogP contribution in [-0.2, 0) is 4.84 Å². The van der Waals surface area contributed by atoms with Gasteiger partial charge in [0, 0.05) is 0 Å². The van der Waals surface area contributed by atoms with E-state index in [1.54, 1.807) is 6.21 Å². The van der Waals surface area contributed by atoms with E-state index in [0.29, 0.717) is 0 Å². The quantitative estimate of drug-likeness (QED) is 0.258. The van der Waals surface area contributed by atoms with E-state index < -0.39 is 0 Å². The van der Waals surface area contributed by atoms with Crippen LogP contribution in [0.3, 0.4) is 0 Å². The molecular weight excluding hydrogens is 150 g/mol. The molecule has 0 aliphatic carbocycles. The molecule has 0 spiro atoms. The number of unbranched alkanes of at least 4 members (excludes halogenated alkanes) is 1. The predicted octanol–water partition coefficient (Wildman–Crippen LogP) is 2.92. The molecule has 0 aliphatic rings. The first-order valence-corrected chi connectivity index (χ1v) is 4.28. The molecule has 0 heterocycles. The Morgan fingerprint density at radius 3 is 2.58 bits per heavy atom. The number of allylic oxidation sites excluding steroid dienone is 4. The maximum atomic E-state index is 4.49. The lowest BCUT2D eigenvalue weighted by atomic mass is 10.2. The first-order valence-electron chi connectivity index (χ1n) is 4.28. The molecule has 0 fully saturated rings. The molecular formula is C10H17NO. The molecule has 0 amide bonds. The van der Waals surface area contributed by atoms with Crippen LogP contribution in [0.25, 0.3) is 0 Å². The molecule has 0 radical (unpaired) electrons. The predicted molar refractivity (Wildman–Crippen MR) is 53.3 cm³/mol. The van der Waals surface area contributed by atoms with Gasteiger partial charge in [0.2, 0.25) is 0 Å². The number of rotatable bonds is 6. The summed E-state index contributed by atoms with van der Waals surface area (Å²) in [7, 11) is 1.54. The van der Waals surface area contributed by atoms with E-state index >= 15 is 0 Å². The molecule has 0 unspecified atom stereocenters. The van der Waals surface area contributed by atoms with Crippen LogP contribution in [0.15, 0.2) is 29.5 Å². The highest BCUT2D eigenvalue weighted by Crippen LogP contribution is 1.93. The summed E-state index contributed by atoms with van der Waals surface area (Å²) in [5, 5.41) is 3.58. The molecule has 0 aliphatic heterocycles. The molecule has 2 nitrogen and oxygen atoms in total. The smallest absolute Gasteiger partial charge is 0.106 e. The van der Waals surface area contributed by atoms with Gasteiger partial charge in [-0.15, -0.1) is 0 Å². The van der Waals surface area contributed by atoms with E-state index in [2.05, 4.69) is 35.1 Å². The summed E-state index contributed by atoms with van der Waals surface area (Å²) in [4.78, 5) is 4.49. The van der Waals surface area contributed by atoms with Gasteiger partial charge < -0.3 is 4.84 Å². The van der Waals surface area contributed by atoms with E-state index in [1.165, 1.54) is 7.11 Å². The van der Waals surface area contributed by atoms with Gasteiger partial charge in [-0.2, -0.15) is 0 Å². The SMILES string of the molecule is CC/C=C\CC/C=C/C=N/OC. The first-order chi connectivity index (χ1) is 5.91. The first kappa shape index (κ1) is 11.0. The van der Waals surface area contributed by atoms with Crippen LogP contribution in [0.5, 0.6) is 0 Å². The second-order valence-electron chi connectivity index (χ2n) is 2.32. The summed E-state index contributed by atoms with van der Waals surface area (Å²) in [6.07, 6.45) is 13.3. The number of hydrogen-bond donors (Lipinski definition) is 0. The van der Waals surface area contributed by atoms with Gasteiger partial charge in [0.05, 0.1) is 6.21 Å². The molecule has 0 aromatic rings. The Morgan fingerprint density at radius 1 is 1.17 bits per heavy atom. The van der Waals surface area contributed by atoms with Crippen molar-refractivity contribution in [1.82, 2.24) is 0 Å². The summed E-state index contributed by atoms with van der Waals surface area (Å²) in [5.74, 6) is 0. The van der Waals surface area contributed by atoms with Crippen molar-refractivity contribution in [1.29, 1.82) is 0 Å². The molecule has 0 saturated heterocycles. The van der Waals surface area contributed by atoms with Gasteiger partial charge in [0.25, 0.3) is 0 Å². The van der Waals surface area contributed by atoms with Crippen molar-refractivity contribution in [3.8, 4) is 0 Å². The van der Waals surface area contributed by atoms with Crippen LogP contribution >= 0.6 is 0 Å². The Labute approximate surface area is 74.6 Å². The van der Waals surface area contributed by atoms with Crippen LogP contribution in [-0.4, -0.2) is 13.3 Å². The number of oxime groups is 1. The molecule has 12 heavy (non-hydrogen) atoms. The summed E-state index contributed by atoms with van der Waals surface area (Å²) in [6.45, 7) is 2.14. The van der Waals surface area contributed by atoms with E-state index in [-0.39, 0.29) is 0 Å². The molecule has 0 aromatic carbocycles. The van der Waals surface area contributed by atoms with Crippen molar-refractivity contribution in [3.63, 3.8) is 0 Å². The minimum absolute atomic E-state index is 1.06. The van der Waals surface area contributed by atoms with E-state index in [1.807, 2.05) is 6.08 Å². The third-order valence-electron chi connectivity index (χ3n) is 1.29. The maximum Gasteiger partial charge on any atom is 0.106 e. The average Bonchev–Trinajstić information content (AvgIpc) is 2.10. The lowest BCUT2D eigenvalue weighted by Gasteiger charge is -1.84. The molecule has 0 rings (SSSR count). The largest absolute Gasteiger partial charge is 0.399 e. The Hall–Kier alpha value is -1.05. The van der Waals surface area contributed by atoms with Crippen LogP contribution in [0.2, 0.25) is 0 Å². The normalized spacial score (nSPS) is 12.2. The fraction of sp³-hybridized carbons (Fsp3) is 0.500. The average molecular weight is 167 g/mol. The summed E-state index contributed by atoms with van der Waals surface area (Å²) in [5.41, 5.74) is 0. The molecule has 0 aromatic heterocycles. The fourth-order valence-electron chi connectivity index (χ4n) is 0.730. The standard InChI is InChI=1S/C10H17NO/c1-3-4-5-6-7-8-9-10-11-12-2/h4-5,8-10H,3,6-7H2,1-2H3/b5-4-,9-8+,11-10+. The van der Waals surface area contributed by atoms with E-state index in [0.717, 1.165) is 19.3 Å². The zero-order valence-corrected chi connectivity index (χ0v) is 7.86. The van der Waals surface area contributed by atoms with Gasteiger partial charge >= 0.3 is 0 Å². The van der Waals surface area contributed by atoms with Crippen molar-refractivity contribution in [2.24, 2.45) is 5.16 Å². The van der Waals surface area contributed by atoms with Crippen molar-refractivity contribution in [2.75, 3.05) is 7.11 Å². The van der Waals surface area contributed by atoms with Crippen LogP contribution < -0.4 is 0 Å². The lowest BCUT2D eigenvalue weighted by molar-refractivity contribution is 0.215. The highest BCUT2D eigenvalue weighted by atomic mass is 16.6. The van der Waals surface area contributed by atoms with Gasteiger partial charge in [-0.1, -0.05) is 30.3 Å². The third kappa shape index (κ3) is 8.95. The molecule has 0 atom stereocenters. The third-order valence-corrected chi connectivity index (χ3v) is 1.29. The van der Waals surface area contributed by atoms with Gasteiger partial charge in [0.15, 0.2) is 0 Å². The number of nitrogens with zero attached hydrogens (tertiary/aromatic N) is 1. The second-order valence-corrected chi connectivity index (χ2v) is 2.32. The van der Waals surface area contributed by atoms with E-state index in [9.17, 15) is 0 Å². The van der Waals surface area contributed by atoms with Crippen molar-refractivity contribution in [2.45, 2.75) is 26.2 Å². The highest BCUT2D eigenvalue weighted by Gasteiger charge is 1.74. The minimum Gasteiger partial charge on any atom is -0.399 e. The Morgan fingerprint density at radius 2 is 1.92 bits per heavy atom. The van der Waals surface area contributed by atoms with Gasteiger partial charge in [-0.3, -0.25) is 0 Å². The highest BCUT2D eigenvalue weighted by molar-refractivity contribution is 5.70. The summed E-state index contributed by atoms with van der Waals surface area (Å²) < 4.78 is 0. The van der Waals surface area contributed by atoms with Crippen molar-refractivity contribution < 1.29 is 4.84 Å². The number of hydrogen-bond acceptors (Lipinski definition) is 2. The topological polar surface area (TPSA) is 21.6 Å². The van der Waals surface area contributed by atoms with Crippen molar-refractivity contribution >= 4 is 6.21 Å². The molecule has 0 saturated carbocycles. The van der Waals surface area contributed by atoms with Gasteiger partial charge in [-0.05, 0) is 25.3 Å². The Kier molecular flexibility index (Phi) is 9.08. The summed E-state index contributed by atoms with van der Waals surface area (Å²) in [6, 6.07) is 0. The molecule has 0 bridgehead atoms.